The molecule has 3 amide bonds. The lowest BCUT2D eigenvalue weighted by molar-refractivity contribution is -0.125. The van der Waals surface area contributed by atoms with Crippen molar-refractivity contribution >= 4 is 29.2 Å². The van der Waals surface area contributed by atoms with Crippen LogP contribution < -0.4 is 15.8 Å². The summed E-state index contributed by atoms with van der Waals surface area (Å²) in [5, 5.41) is 3.48. The van der Waals surface area contributed by atoms with Crippen molar-refractivity contribution in [3.05, 3.63) is 53.6 Å². The number of carbonyl (C=O) groups is 2. The lowest BCUT2D eigenvalue weighted by Crippen LogP contribution is -2.50. The number of anilines is 1. The number of rotatable bonds is 5. The van der Waals surface area contributed by atoms with E-state index in [0.717, 1.165) is 0 Å². The van der Waals surface area contributed by atoms with E-state index in [1.165, 1.54) is 0 Å². The number of hydrogen-bond acceptors (Lipinski definition) is 3. The van der Waals surface area contributed by atoms with Crippen LogP contribution in [0.4, 0.5) is 10.5 Å². The zero-order chi connectivity index (χ0) is 18.7. The summed E-state index contributed by atoms with van der Waals surface area (Å²) in [6.45, 7) is 0. The molecule has 0 unspecified atom stereocenters. The third-order valence-electron chi connectivity index (χ3n) is 4.54. The Morgan fingerprint density at radius 3 is 2.15 bits per heavy atom. The van der Waals surface area contributed by atoms with Crippen LogP contribution >= 0.6 is 11.6 Å². The summed E-state index contributed by atoms with van der Waals surface area (Å²) in [5.74, 6) is 0.910. The summed E-state index contributed by atoms with van der Waals surface area (Å²) >= 11 is 5.85. The predicted octanol–water partition coefficient (Wildman–Crippen LogP) is 3.86. The van der Waals surface area contributed by atoms with Gasteiger partial charge in [-0.05, 0) is 61.4 Å². The molecule has 136 valence electrons. The SMILES string of the molecule is CN(C(=O)Nc1ccc(Oc2ccc(Cl)cc2)cc1)C1CC(C(N)=O)C1. The first-order valence-electron chi connectivity index (χ1n) is 8.29. The molecule has 2 aromatic carbocycles. The summed E-state index contributed by atoms with van der Waals surface area (Å²) in [4.78, 5) is 25.0. The lowest BCUT2D eigenvalue weighted by Gasteiger charge is -2.39. The molecule has 1 aliphatic carbocycles. The summed E-state index contributed by atoms with van der Waals surface area (Å²) in [6.07, 6.45) is 1.24. The Morgan fingerprint density at radius 1 is 1.08 bits per heavy atom. The largest absolute Gasteiger partial charge is 0.457 e. The van der Waals surface area contributed by atoms with E-state index in [1.54, 1.807) is 60.5 Å². The summed E-state index contributed by atoms with van der Waals surface area (Å²) in [7, 11) is 1.72. The van der Waals surface area contributed by atoms with Crippen molar-refractivity contribution in [3.8, 4) is 11.5 Å². The molecular formula is C19H20ClN3O3. The number of nitrogens with two attached hydrogens (primary N) is 1. The highest BCUT2D eigenvalue weighted by Crippen LogP contribution is 2.31. The first kappa shape index (κ1) is 18.1. The molecule has 0 aromatic heterocycles. The molecule has 2 aromatic rings. The highest BCUT2D eigenvalue weighted by Gasteiger charge is 2.37. The van der Waals surface area contributed by atoms with Crippen LogP contribution in [0.1, 0.15) is 12.8 Å². The maximum atomic E-state index is 12.3. The molecule has 0 aliphatic heterocycles. The lowest BCUT2D eigenvalue weighted by atomic mass is 9.79. The van der Waals surface area contributed by atoms with Gasteiger partial charge in [0.15, 0.2) is 0 Å². The van der Waals surface area contributed by atoms with E-state index in [-0.39, 0.29) is 23.9 Å². The molecule has 0 spiro atoms. The Morgan fingerprint density at radius 2 is 1.62 bits per heavy atom. The Labute approximate surface area is 156 Å². The second-order valence-corrected chi connectivity index (χ2v) is 6.78. The quantitative estimate of drug-likeness (QED) is 0.834. The van der Waals surface area contributed by atoms with Gasteiger partial charge in [0.2, 0.25) is 5.91 Å². The van der Waals surface area contributed by atoms with Crippen LogP contribution in [-0.2, 0) is 4.79 Å². The van der Waals surface area contributed by atoms with Crippen molar-refractivity contribution in [1.82, 2.24) is 4.90 Å². The van der Waals surface area contributed by atoms with Crippen molar-refractivity contribution in [2.45, 2.75) is 18.9 Å². The molecule has 3 N–H and O–H groups in total. The number of carbonyl (C=O) groups excluding carboxylic acids is 2. The first-order chi connectivity index (χ1) is 12.4. The van der Waals surface area contributed by atoms with Gasteiger partial charge >= 0.3 is 6.03 Å². The summed E-state index contributed by atoms with van der Waals surface area (Å²) < 4.78 is 5.71. The van der Waals surface area contributed by atoms with E-state index in [2.05, 4.69) is 5.32 Å². The average Bonchev–Trinajstić information content (AvgIpc) is 2.57. The maximum Gasteiger partial charge on any atom is 0.321 e. The number of ether oxygens (including phenoxy) is 1. The number of halogens is 1. The van der Waals surface area contributed by atoms with Crippen molar-refractivity contribution in [2.75, 3.05) is 12.4 Å². The van der Waals surface area contributed by atoms with Gasteiger partial charge in [-0.25, -0.2) is 4.79 Å². The average molecular weight is 374 g/mol. The number of hydrogen-bond donors (Lipinski definition) is 2. The molecule has 0 radical (unpaired) electrons. The molecule has 26 heavy (non-hydrogen) atoms. The van der Waals surface area contributed by atoms with E-state index in [1.807, 2.05) is 0 Å². The van der Waals surface area contributed by atoms with Crippen LogP contribution in [0.2, 0.25) is 5.02 Å². The van der Waals surface area contributed by atoms with Crippen LogP contribution in [-0.4, -0.2) is 29.9 Å². The van der Waals surface area contributed by atoms with Crippen LogP contribution in [0.3, 0.4) is 0 Å². The Kier molecular flexibility index (Phi) is 5.32. The number of urea groups is 1. The normalized spacial score (nSPS) is 18.5. The maximum absolute atomic E-state index is 12.3. The molecule has 1 saturated carbocycles. The molecular weight excluding hydrogens is 354 g/mol. The fraction of sp³-hybridized carbons (Fsp3) is 0.263. The number of amides is 3. The van der Waals surface area contributed by atoms with E-state index < -0.39 is 0 Å². The fourth-order valence-electron chi connectivity index (χ4n) is 2.76. The standard InChI is InChI=1S/C19H20ClN3O3/c1-23(15-10-12(11-15)18(21)24)19(25)22-14-4-8-17(9-5-14)26-16-6-2-13(20)3-7-16/h2-9,12,15H,10-11H2,1H3,(H2,21,24)(H,22,25). The van der Waals surface area contributed by atoms with E-state index in [4.69, 9.17) is 22.1 Å². The topological polar surface area (TPSA) is 84.7 Å². The second kappa shape index (κ2) is 7.66. The number of primary amides is 1. The molecule has 1 aliphatic rings. The van der Waals surface area contributed by atoms with Crippen molar-refractivity contribution in [1.29, 1.82) is 0 Å². The van der Waals surface area contributed by atoms with Gasteiger partial charge in [0, 0.05) is 29.7 Å². The fourth-order valence-corrected chi connectivity index (χ4v) is 2.88. The molecule has 0 bridgehead atoms. The minimum Gasteiger partial charge on any atom is -0.457 e. The minimum atomic E-state index is -0.300. The van der Waals surface area contributed by atoms with Crippen LogP contribution in [0, 0.1) is 5.92 Å². The van der Waals surface area contributed by atoms with Gasteiger partial charge in [-0.15, -0.1) is 0 Å². The Hall–Kier alpha value is -2.73. The highest BCUT2D eigenvalue weighted by atomic mass is 35.5. The zero-order valence-corrected chi connectivity index (χ0v) is 15.1. The van der Waals surface area contributed by atoms with Gasteiger partial charge in [0.25, 0.3) is 0 Å². The number of nitrogens with one attached hydrogen (secondary N) is 1. The van der Waals surface area contributed by atoms with Crippen LogP contribution in [0.25, 0.3) is 0 Å². The van der Waals surface area contributed by atoms with Gasteiger partial charge in [0.1, 0.15) is 11.5 Å². The molecule has 0 saturated heterocycles. The molecule has 7 heteroatoms. The van der Waals surface area contributed by atoms with Crippen molar-refractivity contribution in [2.24, 2.45) is 11.7 Å². The second-order valence-electron chi connectivity index (χ2n) is 6.35. The van der Waals surface area contributed by atoms with E-state index in [9.17, 15) is 9.59 Å². The monoisotopic (exact) mass is 373 g/mol. The first-order valence-corrected chi connectivity index (χ1v) is 8.67. The van der Waals surface area contributed by atoms with Gasteiger partial charge < -0.3 is 20.7 Å². The third-order valence-corrected chi connectivity index (χ3v) is 4.79. The molecule has 3 rings (SSSR count). The van der Waals surface area contributed by atoms with Crippen LogP contribution in [0.5, 0.6) is 11.5 Å². The Balaban J connectivity index is 1.53. The summed E-state index contributed by atoms with van der Waals surface area (Å²) in [5.41, 5.74) is 5.92. The third kappa shape index (κ3) is 4.26. The highest BCUT2D eigenvalue weighted by molar-refractivity contribution is 6.30. The molecule has 0 heterocycles. The van der Waals surface area contributed by atoms with Gasteiger partial charge in [0.05, 0.1) is 0 Å². The van der Waals surface area contributed by atoms with Gasteiger partial charge in [-0.3, -0.25) is 4.79 Å². The van der Waals surface area contributed by atoms with Crippen molar-refractivity contribution < 1.29 is 14.3 Å². The van der Waals surface area contributed by atoms with Crippen LogP contribution in [0.15, 0.2) is 48.5 Å². The van der Waals surface area contributed by atoms with Gasteiger partial charge in [-0.2, -0.15) is 0 Å². The zero-order valence-electron chi connectivity index (χ0n) is 14.3. The molecule has 0 atom stereocenters. The van der Waals surface area contributed by atoms with E-state index >= 15 is 0 Å². The molecule has 1 fully saturated rings. The van der Waals surface area contributed by atoms with Gasteiger partial charge in [-0.1, -0.05) is 11.6 Å². The van der Waals surface area contributed by atoms with E-state index in [0.29, 0.717) is 35.1 Å². The smallest absolute Gasteiger partial charge is 0.321 e. The van der Waals surface area contributed by atoms with Crippen molar-refractivity contribution in [3.63, 3.8) is 0 Å². The number of benzene rings is 2. The molecule has 6 nitrogen and oxygen atoms in total. The predicted molar refractivity (Wildman–Crippen MR) is 100 cm³/mol. The minimum absolute atomic E-state index is 0.0417. The number of nitrogens with zero attached hydrogens (tertiary/aromatic N) is 1. The Bertz CT molecular complexity index is 787. The summed E-state index contributed by atoms with van der Waals surface area (Å²) in [6, 6.07) is 14.0.